The lowest BCUT2D eigenvalue weighted by Gasteiger charge is -2.05. The first-order valence-corrected chi connectivity index (χ1v) is 7.81. The lowest BCUT2D eigenvalue weighted by molar-refractivity contribution is -0.116. The van der Waals surface area contributed by atoms with E-state index in [1.54, 1.807) is 17.3 Å². The summed E-state index contributed by atoms with van der Waals surface area (Å²) < 4.78 is 0.916. The minimum Gasteiger partial charge on any atom is -0.326 e. The molecule has 0 saturated carbocycles. The fourth-order valence-electron chi connectivity index (χ4n) is 1.48. The van der Waals surface area contributed by atoms with E-state index >= 15 is 0 Å². The Labute approximate surface area is 120 Å². The van der Waals surface area contributed by atoms with Crippen molar-refractivity contribution in [3.8, 4) is 0 Å². The first kappa shape index (κ1) is 14.0. The van der Waals surface area contributed by atoms with Crippen molar-refractivity contribution in [2.45, 2.75) is 35.4 Å². The standard InChI is InChI=1S/C13H15N3OS2/c1-2-3-4-12(17)15-10-5-7-11(8-6-10)19-13-16-14-9-18-13/h5-9H,2-4H2,1H3,(H,15,17). The Kier molecular flexibility index (Phi) is 5.35. The van der Waals surface area contributed by atoms with Crippen molar-refractivity contribution >= 4 is 34.7 Å². The van der Waals surface area contributed by atoms with E-state index in [-0.39, 0.29) is 5.91 Å². The van der Waals surface area contributed by atoms with Crippen LogP contribution in [0.4, 0.5) is 5.69 Å². The van der Waals surface area contributed by atoms with Gasteiger partial charge >= 0.3 is 0 Å². The molecule has 6 heteroatoms. The van der Waals surface area contributed by atoms with Crippen LogP contribution in [0.2, 0.25) is 0 Å². The smallest absolute Gasteiger partial charge is 0.224 e. The number of benzene rings is 1. The Bertz CT molecular complexity index is 511. The number of unbranched alkanes of at least 4 members (excludes halogenated alkanes) is 1. The largest absolute Gasteiger partial charge is 0.326 e. The monoisotopic (exact) mass is 293 g/mol. The fourth-order valence-corrected chi connectivity index (χ4v) is 2.93. The number of nitrogens with zero attached hydrogens (tertiary/aromatic N) is 2. The second-order valence-corrected chi connectivity index (χ2v) is 6.14. The lowest BCUT2D eigenvalue weighted by atomic mass is 10.2. The molecule has 1 aromatic carbocycles. The summed E-state index contributed by atoms with van der Waals surface area (Å²) in [5.74, 6) is 0.0753. The number of hydrogen-bond acceptors (Lipinski definition) is 5. The van der Waals surface area contributed by atoms with E-state index in [1.807, 2.05) is 24.3 Å². The number of amides is 1. The van der Waals surface area contributed by atoms with Gasteiger partial charge in [-0.2, -0.15) is 0 Å². The van der Waals surface area contributed by atoms with Crippen LogP contribution in [0.5, 0.6) is 0 Å². The number of carbonyl (C=O) groups is 1. The van der Waals surface area contributed by atoms with E-state index in [4.69, 9.17) is 0 Å². The first-order chi connectivity index (χ1) is 9.28. The molecule has 0 bridgehead atoms. The van der Waals surface area contributed by atoms with E-state index in [9.17, 15) is 4.79 Å². The third-order valence-corrected chi connectivity index (χ3v) is 4.23. The van der Waals surface area contributed by atoms with Crippen molar-refractivity contribution in [2.24, 2.45) is 0 Å². The molecular weight excluding hydrogens is 278 g/mol. The van der Waals surface area contributed by atoms with Crippen LogP contribution in [0.1, 0.15) is 26.2 Å². The molecule has 1 heterocycles. The summed E-state index contributed by atoms with van der Waals surface area (Å²) in [5.41, 5.74) is 2.55. The van der Waals surface area contributed by atoms with Crippen molar-refractivity contribution in [1.29, 1.82) is 0 Å². The zero-order valence-corrected chi connectivity index (χ0v) is 12.3. The summed E-state index contributed by atoms with van der Waals surface area (Å²) in [6.07, 6.45) is 2.54. The van der Waals surface area contributed by atoms with Crippen molar-refractivity contribution in [3.05, 3.63) is 29.8 Å². The van der Waals surface area contributed by atoms with Gasteiger partial charge in [-0.25, -0.2) is 0 Å². The number of nitrogens with one attached hydrogen (secondary N) is 1. The van der Waals surface area contributed by atoms with Gasteiger partial charge in [-0.05, 0) is 30.7 Å². The number of carbonyl (C=O) groups excluding carboxylic acids is 1. The van der Waals surface area contributed by atoms with E-state index in [0.717, 1.165) is 27.8 Å². The molecule has 19 heavy (non-hydrogen) atoms. The van der Waals surface area contributed by atoms with Gasteiger partial charge in [0.05, 0.1) is 0 Å². The van der Waals surface area contributed by atoms with Gasteiger partial charge in [0.1, 0.15) is 5.51 Å². The van der Waals surface area contributed by atoms with Crippen LogP contribution in [0.25, 0.3) is 0 Å². The molecule has 0 spiro atoms. The highest BCUT2D eigenvalue weighted by molar-refractivity contribution is 8.01. The molecule has 4 nitrogen and oxygen atoms in total. The maximum absolute atomic E-state index is 11.6. The van der Waals surface area contributed by atoms with Crippen molar-refractivity contribution in [3.63, 3.8) is 0 Å². The topological polar surface area (TPSA) is 54.9 Å². The average Bonchev–Trinajstić information content (AvgIpc) is 2.91. The molecular formula is C13H15N3OS2. The van der Waals surface area contributed by atoms with Gasteiger partial charge in [-0.3, -0.25) is 4.79 Å². The zero-order valence-electron chi connectivity index (χ0n) is 10.6. The second-order valence-electron chi connectivity index (χ2n) is 3.98. The van der Waals surface area contributed by atoms with Crippen LogP contribution < -0.4 is 5.32 Å². The zero-order chi connectivity index (χ0) is 13.5. The molecule has 0 unspecified atom stereocenters. The van der Waals surface area contributed by atoms with Crippen LogP contribution >= 0.6 is 23.1 Å². The third-order valence-electron chi connectivity index (χ3n) is 2.44. The maximum atomic E-state index is 11.6. The molecule has 2 aromatic rings. The predicted molar refractivity (Wildman–Crippen MR) is 78.6 cm³/mol. The summed E-state index contributed by atoms with van der Waals surface area (Å²) >= 11 is 3.08. The maximum Gasteiger partial charge on any atom is 0.224 e. The van der Waals surface area contributed by atoms with Crippen molar-refractivity contribution in [1.82, 2.24) is 10.2 Å². The SMILES string of the molecule is CCCCC(=O)Nc1ccc(Sc2nncs2)cc1. The molecule has 1 amide bonds. The average molecular weight is 293 g/mol. The minimum atomic E-state index is 0.0753. The number of rotatable bonds is 6. The van der Waals surface area contributed by atoms with Crippen LogP contribution in [0, 0.1) is 0 Å². The summed E-state index contributed by atoms with van der Waals surface area (Å²) in [5, 5.41) is 10.7. The first-order valence-electron chi connectivity index (χ1n) is 6.12. The fraction of sp³-hybridized carbons (Fsp3) is 0.308. The molecule has 1 aromatic heterocycles. The quantitative estimate of drug-likeness (QED) is 0.879. The van der Waals surface area contributed by atoms with Crippen LogP contribution in [0.15, 0.2) is 39.0 Å². The van der Waals surface area contributed by atoms with Crippen LogP contribution in [-0.2, 0) is 4.79 Å². The van der Waals surface area contributed by atoms with Gasteiger partial charge in [0.2, 0.25) is 5.91 Å². The molecule has 0 aliphatic rings. The molecule has 100 valence electrons. The third kappa shape index (κ3) is 4.65. The van der Waals surface area contributed by atoms with E-state index in [0.29, 0.717) is 6.42 Å². The summed E-state index contributed by atoms with van der Waals surface area (Å²) in [6.45, 7) is 2.08. The molecule has 0 radical (unpaired) electrons. The summed E-state index contributed by atoms with van der Waals surface area (Å²) in [7, 11) is 0. The summed E-state index contributed by atoms with van der Waals surface area (Å²) in [4.78, 5) is 12.7. The normalized spacial score (nSPS) is 10.4. The highest BCUT2D eigenvalue weighted by Gasteiger charge is 2.03. The Morgan fingerprint density at radius 1 is 1.37 bits per heavy atom. The highest BCUT2D eigenvalue weighted by Crippen LogP contribution is 2.29. The molecule has 0 atom stereocenters. The van der Waals surface area contributed by atoms with Gasteiger partial charge in [-0.15, -0.1) is 10.2 Å². The predicted octanol–water partition coefficient (Wildman–Crippen LogP) is 3.82. The highest BCUT2D eigenvalue weighted by atomic mass is 32.2. The van der Waals surface area contributed by atoms with Gasteiger partial charge in [0, 0.05) is 17.0 Å². The number of hydrogen-bond donors (Lipinski definition) is 1. The van der Waals surface area contributed by atoms with Gasteiger partial charge in [0.25, 0.3) is 0 Å². The van der Waals surface area contributed by atoms with E-state index in [2.05, 4.69) is 22.4 Å². The number of anilines is 1. The molecule has 0 aliphatic heterocycles. The van der Waals surface area contributed by atoms with Crippen molar-refractivity contribution < 1.29 is 4.79 Å². The Morgan fingerprint density at radius 2 is 2.16 bits per heavy atom. The van der Waals surface area contributed by atoms with Crippen molar-refractivity contribution in [2.75, 3.05) is 5.32 Å². The molecule has 0 fully saturated rings. The van der Waals surface area contributed by atoms with E-state index < -0.39 is 0 Å². The Balaban J connectivity index is 1.89. The second kappa shape index (κ2) is 7.25. The molecule has 0 aliphatic carbocycles. The number of aromatic nitrogens is 2. The Hall–Kier alpha value is -1.40. The van der Waals surface area contributed by atoms with Crippen LogP contribution in [0.3, 0.4) is 0 Å². The molecule has 1 N–H and O–H groups in total. The minimum absolute atomic E-state index is 0.0753. The van der Waals surface area contributed by atoms with Gasteiger partial charge < -0.3 is 5.32 Å². The molecule has 2 rings (SSSR count). The van der Waals surface area contributed by atoms with Gasteiger partial charge in [0.15, 0.2) is 4.34 Å². The lowest BCUT2D eigenvalue weighted by Crippen LogP contribution is -2.10. The Morgan fingerprint density at radius 3 is 2.79 bits per heavy atom. The molecule has 0 saturated heterocycles. The van der Waals surface area contributed by atoms with Crippen LogP contribution in [-0.4, -0.2) is 16.1 Å². The summed E-state index contributed by atoms with van der Waals surface area (Å²) in [6, 6.07) is 7.77. The van der Waals surface area contributed by atoms with Gasteiger partial charge in [-0.1, -0.05) is 36.4 Å². The van der Waals surface area contributed by atoms with E-state index in [1.165, 1.54) is 11.3 Å².